The molecule has 0 saturated carbocycles. The number of carbonyl (C=O) groups excluding carboxylic acids is 3. The molecule has 6 heteroatoms. The van der Waals surface area contributed by atoms with Crippen LogP contribution in [0.5, 0.6) is 0 Å². The number of allylic oxidation sites excluding steroid dienone is 2. The van der Waals surface area contributed by atoms with Gasteiger partial charge in [-0.2, -0.15) is 0 Å². The minimum atomic E-state index is -0.273. The first-order chi connectivity index (χ1) is 10.7. The molecule has 2 atom stereocenters. The zero-order valence-corrected chi connectivity index (χ0v) is 13.0. The van der Waals surface area contributed by atoms with Gasteiger partial charge in [-0.1, -0.05) is 18.2 Å². The third-order valence-corrected chi connectivity index (χ3v) is 5.11. The van der Waals surface area contributed by atoms with E-state index in [1.165, 1.54) is 4.88 Å². The predicted octanol–water partition coefficient (Wildman–Crippen LogP) is 1.36. The van der Waals surface area contributed by atoms with Crippen molar-refractivity contribution in [1.29, 1.82) is 0 Å². The summed E-state index contributed by atoms with van der Waals surface area (Å²) in [5, 5.41) is 4.77. The molecule has 3 amide bonds. The molecular formula is C16H18N2O3S. The number of thiophene rings is 1. The number of fused-ring (bicyclic) bond motifs is 1. The molecule has 0 bridgehead atoms. The fourth-order valence-corrected chi connectivity index (χ4v) is 3.71. The van der Waals surface area contributed by atoms with Crippen molar-refractivity contribution in [3.8, 4) is 0 Å². The Bertz CT molecular complexity index is 583. The molecule has 1 aliphatic carbocycles. The van der Waals surface area contributed by atoms with E-state index in [2.05, 4.69) is 5.32 Å². The number of likely N-dealkylation sites (tertiary alicyclic amines) is 1. The van der Waals surface area contributed by atoms with Crippen LogP contribution in [0.15, 0.2) is 29.7 Å². The maximum Gasteiger partial charge on any atom is 0.240 e. The van der Waals surface area contributed by atoms with Crippen molar-refractivity contribution in [2.24, 2.45) is 11.8 Å². The van der Waals surface area contributed by atoms with E-state index in [1.54, 1.807) is 11.3 Å². The average molecular weight is 318 g/mol. The second-order valence-corrected chi connectivity index (χ2v) is 6.63. The molecule has 116 valence electrons. The van der Waals surface area contributed by atoms with E-state index in [1.807, 2.05) is 29.7 Å². The molecule has 3 rings (SSSR count). The van der Waals surface area contributed by atoms with Gasteiger partial charge in [0.2, 0.25) is 17.7 Å². The number of rotatable bonds is 5. The van der Waals surface area contributed by atoms with E-state index >= 15 is 0 Å². The molecule has 1 N–H and O–H groups in total. The Balaban J connectivity index is 1.51. The molecule has 1 aliphatic heterocycles. The number of nitrogens with zero attached hydrogens (tertiary/aromatic N) is 1. The topological polar surface area (TPSA) is 66.5 Å². The molecule has 2 heterocycles. The molecule has 22 heavy (non-hydrogen) atoms. The van der Waals surface area contributed by atoms with E-state index in [0.29, 0.717) is 19.4 Å². The van der Waals surface area contributed by atoms with Crippen LogP contribution in [0.25, 0.3) is 0 Å². The summed E-state index contributed by atoms with van der Waals surface area (Å²) in [6, 6.07) is 3.99. The van der Waals surface area contributed by atoms with Gasteiger partial charge in [-0.25, -0.2) is 0 Å². The predicted molar refractivity (Wildman–Crippen MR) is 83.1 cm³/mol. The number of imide groups is 1. The van der Waals surface area contributed by atoms with Crippen LogP contribution in [0, 0.1) is 11.8 Å². The Morgan fingerprint density at radius 3 is 2.50 bits per heavy atom. The van der Waals surface area contributed by atoms with Crippen molar-refractivity contribution in [2.45, 2.75) is 19.3 Å². The van der Waals surface area contributed by atoms with E-state index < -0.39 is 0 Å². The second kappa shape index (κ2) is 6.44. The Morgan fingerprint density at radius 2 is 1.91 bits per heavy atom. The number of carbonyl (C=O) groups is 3. The van der Waals surface area contributed by atoms with Crippen LogP contribution in [-0.4, -0.2) is 35.7 Å². The van der Waals surface area contributed by atoms with Crippen LogP contribution in [-0.2, 0) is 20.8 Å². The van der Waals surface area contributed by atoms with Crippen molar-refractivity contribution >= 4 is 29.1 Å². The number of amides is 3. The van der Waals surface area contributed by atoms with Crippen molar-refractivity contribution in [1.82, 2.24) is 10.2 Å². The summed E-state index contributed by atoms with van der Waals surface area (Å²) in [4.78, 5) is 38.8. The minimum Gasteiger partial charge on any atom is -0.354 e. The van der Waals surface area contributed by atoms with Gasteiger partial charge in [-0.15, -0.1) is 11.3 Å². The molecule has 1 aromatic heterocycles. The first-order valence-corrected chi connectivity index (χ1v) is 8.34. The number of hydrogen-bond donors (Lipinski definition) is 1. The molecule has 1 aromatic rings. The summed E-state index contributed by atoms with van der Waals surface area (Å²) in [6.07, 6.45) is 5.85. The minimum absolute atomic E-state index is 0.158. The van der Waals surface area contributed by atoms with Crippen LogP contribution in [0.2, 0.25) is 0 Å². The SMILES string of the molecule is O=C(CN1C(=O)[C@H]2CC=CC[C@@H]2C1=O)NCCc1cccs1. The van der Waals surface area contributed by atoms with Gasteiger partial charge < -0.3 is 5.32 Å². The quantitative estimate of drug-likeness (QED) is 0.658. The van der Waals surface area contributed by atoms with Crippen molar-refractivity contribution in [2.75, 3.05) is 13.1 Å². The maximum absolute atomic E-state index is 12.2. The second-order valence-electron chi connectivity index (χ2n) is 5.60. The van der Waals surface area contributed by atoms with Gasteiger partial charge in [0.25, 0.3) is 0 Å². The van der Waals surface area contributed by atoms with Gasteiger partial charge in [0.15, 0.2) is 0 Å². The average Bonchev–Trinajstić information content (AvgIpc) is 3.11. The lowest BCUT2D eigenvalue weighted by molar-refractivity contribution is -0.143. The van der Waals surface area contributed by atoms with Crippen LogP contribution in [0.1, 0.15) is 17.7 Å². The van der Waals surface area contributed by atoms with Crippen LogP contribution >= 0.6 is 11.3 Å². The lowest BCUT2D eigenvalue weighted by atomic mass is 9.85. The zero-order valence-electron chi connectivity index (χ0n) is 12.2. The lowest BCUT2D eigenvalue weighted by Crippen LogP contribution is -2.41. The smallest absolute Gasteiger partial charge is 0.240 e. The first kappa shape index (κ1) is 15.0. The summed E-state index contributed by atoms with van der Waals surface area (Å²) in [7, 11) is 0. The van der Waals surface area contributed by atoms with Crippen LogP contribution in [0.3, 0.4) is 0 Å². The molecule has 0 aromatic carbocycles. The Hall–Kier alpha value is -1.95. The Labute approximate surface area is 133 Å². The largest absolute Gasteiger partial charge is 0.354 e. The number of hydrogen-bond acceptors (Lipinski definition) is 4. The summed E-state index contributed by atoms with van der Waals surface area (Å²) >= 11 is 1.64. The van der Waals surface area contributed by atoms with Crippen LogP contribution < -0.4 is 5.32 Å². The van der Waals surface area contributed by atoms with Crippen molar-refractivity contribution in [3.05, 3.63) is 34.5 Å². The molecule has 2 aliphatic rings. The molecule has 5 nitrogen and oxygen atoms in total. The lowest BCUT2D eigenvalue weighted by Gasteiger charge is -2.14. The monoisotopic (exact) mass is 318 g/mol. The maximum atomic E-state index is 12.2. The summed E-state index contributed by atoms with van der Waals surface area (Å²) in [5.74, 6) is -1.21. The Kier molecular flexibility index (Phi) is 4.38. The standard InChI is InChI=1S/C16H18N2O3S/c19-14(17-8-7-11-4-3-9-22-11)10-18-15(20)12-5-1-2-6-13(12)16(18)21/h1-4,9,12-13H,5-8,10H2,(H,17,19)/t12-,13-/m0/s1. The third kappa shape index (κ3) is 2.97. The number of nitrogens with one attached hydrogen (secondary N) is 1. The van der Waals surface area contributed by atoms with E-state index in [4.69, 9.17) is 0 Å². The van der Waals surface area contributed by atoms with Gasteiger partial charge in [-0.05, 0) is 30.7 Å². The molecule has 0 radical (unpaired) electrons. The fraction of sp³-hybridized carbons (Fsp3) is 0.438. The molecule has 0 spiro atoms. The molecule has 1 saturated heterocycles. The van der Waals surface area contributed by atoms with Gasteiger partial charge in [0.05, 0.1) is 11.8 Å². The highest BCUT2D eigenvalue weighted by Crippen LogP contribution is 2.34. The first-order valence-electron chi connectivity index (χ1n) is 7.46. The summed E-state index contributed by atoms with van der Waals surface area (Å²) in [6.45, 7) is 0.360. The fourth-order valence-electron chi connectivity index (χ4n) is 3.00. The molecular weight excluding hydrogens is 300 g/mol. The molecule has 1 fully saturated rings. The Morgan fingerprint density at radius 1 is 1.23 bits per heavy atom. The van der Waals surface area contributed by atoms with E-state index in [9.17, 15) is 14.4 Å². The highest BCUT2D eigenvalue weighted by Gasteiger charge is 2.47. The van der Waals surface area contributed by atoms with Gasteiger partial charge in [0.1, 0.15) is 6.54 Å². The van der Waals surface area contributed by atoms with E-state index in [-0.39, 0.29) is 36.1 Å². The van der Waals surface area contributed by atoms with Crippen molar-refractivity contribution < 1.29 is 14.4 Å². The normalized spacial score (nSPS) is 23.7. The van der Waals surface area contributed by atoms with Gasteiger partial charge >= 0.3 is 0 Å². The zero-order chi connectivity index (χ0) is 15.5. The highest BCUT2D eigenvalue weighted by atomic mass is 32.1. The highest BCUT2D eigenvalue weighted by molar-refractivity contribution is 7.09. The van der Waals surface area contributed by atoms with Crippen molar-refractivity contribution in [3.63, 3.8) is 0 Å². The van der Waals surface area contributed by atoms with E-state index in [0.717, 1.165) is 11.3 Å². The summed E-state index contributed by atoms with van der Waals surface area (Å²) in [5.41, 5.74) is 0. The van der Waals surface area contributed by atoms with Gasteiger partial charge in [-0.3, -0.25) is 19.3 Å². The third-order valence-electron chi connectivity index (χ3n) is 4.17. The van der Waals surface area contributed by atoms with Gasteiger partial charge in [0, 0.05) is 11.4 Å². The summed E-state index contributed by atoms with van der Waals surface area (Å²) < 4.78 is 0. The molecule has 0 unspecified atom stereocenters. The van der Waals surface area contributed by atoms with Crippen LogP contribution in [0.4, 0.5) is 0 Å².